The molecule has 6 heteroatoms. The van der Waals surface area contributed by atoms with Crippen molar-refractivity contribution in [1.82, 2.24) is 5.32 Å². The summed E-state index contributed by atoms with van der Waals surface area (Å²) in [5.74, 6) is 0.534. The summed E-state index contributed by atoms with van der Waals surface area (Å²) < 4.78 is 5.47. The number of fused-ring (bicyclic) bond motifs is 2. The largest absolute Gasteiger partial charge is 0.508 e. The summed E-state index contributed by atoms with van der Waals surface area (Å²) in [6, 6.07) is 4.68. The van der Waals surface area contributed by atoms with E-state index in [1.807, 2.05) is 0 Å². The number of rotatable bonds is 0. The number of hydrogen-bond acceptors (Lipinski definition) is 5. The van der Waals surface area contributed by atoms with Crippen molar-refractivity contribution < 1.29 is 14.6 Å². The lowest BCUT2D eigenvalue weighted by Crippen LogP contribution is -2.41. The molecule has 2 heterocycles. The quantitative estimate of drug-likeness (QED) is 0.598. The molecule has 1 aromatic carbocycles. The molecule has 3 rings (SSSR count). The fraction of sp³-hybridized carbons (Fsp3) is 0.0909. The minimum Gasteiger partial charge on any atom is -0.508 e. The normalized spacial score (nSPS) is 21.5. The van der Waals surface area contributed by atoms with Gasteiger partial charge in [-0.25, -0.2) is 4.99 Å². The Morgan fingerprint density at radius 3 is 3.12 bits per heavy atom. The van der Waals surface area contributed by atoms with E-state index in [-0.39, 0.29) is 17.6 Å². The maximum Gasteiger partial charge on any atom is 0.259 e. The van der Waals surface area contributed by atoms with E-state index in [9.17, 15) is 9.90 Å². The van der Waals surface area contributed by atoms with Crippen LogP contribution in [0.4, 0.5) is 0 Å². The Balaban J connectivity index is 2.14. The molecule has 17 heavy (non-hydrogen) atoms. The van der Waals surface area contributed by atoms with Gasteiger partial charge in [0.2, 0.25) is 5.90 Å². The second kappa shape index (κ2) is 3.53. The first-order chi connectivity index (χ1) is 8.13. The summed E-state index contributed by atoms with van der Waals surface area (Å²) in [7, 11) is 0. The van der Waals surface area contributed by atoms with Crippen LogP contribution in [0.15, 0.2) is 28.8 Å². The van der Waals surface area contributed by atoms with Crippen LogP contribution in [0.5, 0.6) is 11.5 Å². The van der Waals surface area contributed by atoms with E-state index < -0.39 is 5.50 Å². The van der Waals surface area contributed by atoms with Crippen molar-refractivity contribution in [2.75, 3.05) is 0 Å². The lowest BCUT2D eigenvalue weighted by Gasteiger charge is -2.24. The van der Waals surface area contributed by atoms with Crippen molar-refractivity contribution in [3.8, 4) is 11.5 Å². The number of thiol groups is 1. The minimum absolute atomic E-state index is 0.101. The lowest BCUT2D eigenvalue weighted by molar-refractivity contribution is -0.117. The number of hydrogen-bond donors (Lipinski definition) is 3. The molecule has 0 saturated carbocycles. The van der Waals surface area contributed by atoms with E-state index >= 15 is 0 Å². The Kier molecular flexibility index (Phi) is 2.12. The van der Waals surface area contributed by atoms with E-state index in [1.54, 1.807) is 12.1 Å². The summed E-state index contributed by atoms with van der Waals surface area (Å²) in [6.45, 7) is 0. The van der Waals surface area contributed by atoms with E-state index in [1.165, 1.54) is 12.1 Å². The van der Waals surface area contributed by atoms with Gasteiger partial charge in [-0.3, -0.25) is 4.79 Å². The van der Waals surface area contributed by atoms with Crippen molar-refractivity contribution in [3.05, 3.63) is 29.3 Å². The Morgan fingerprint density at radius 1 is 1.47 bits per heavy atom. The molecule has 1 unspecified atom stereocenters. The topological polar surface area (TPSA) is 70.9 Å². The minimum atomic E-state index is -0.603. The van der Waals surface area contributed by atoms with Crippen LogP contribution in [0.2, 0.25) is 0 Å². The maximum atomic E-state index is 11.7. The SMILES string of the molecule is O=C1NC(S)N=C2Oc3cc(O)ccc3C=C12. The molecular formula is C11H8N2O3S. The van der Waals surface area contributed by atoms with Gasteiger partial charge in [-0.1, -0.05) is 0 Å². The molecule has 1 atom stereocenters. The second-order valence-electron chi connectivity index (χ2n) is 3.66. The molecule has 2 aliphatic heterocycles. The average Bonchev–Trinajstić information content (AvgIpc) is 2.26. The Bertz CT molecular complexity index is 580. The summed E-state index contributed by atoms with van der Waals surface area (Å²) in [4.78, 5) is 15.7. The van der Waals surface area contributed by atoms with Crippen LogP contribution in [0.3, 0.4) is 0 Å². The van der Waals surface area contributed by atoms with Gasteiger partial charge in [0.15, 0.2) is 5.50 Å². The van der Waals surface area contributed by atoms with Crippen molar-refractivity contribution in [1.29, 1.82) is 0 Å². The molecule has 0 aromatic heterocycles. The van der Waals surface area contributed by atoms with Crippen molar-refractivity contribution in [3.63, 3.8) is 0 Å². The van der Waals surface area contributed by atoms with E-state index in [2.05, 4.69) is 22.9 Å². The van der Waals surface area contributed by atoms with Crippen molar-refractivity contribution >= 4 is 30.5 Å². The molecule has 2 aliphatic rings. The average molecular weight is 248 g/mol. The smallest absolute Gasteiger partial charge is 0.259 e. The van der Waals surface area contributed by atoms with Crippen molar-refractivity contribution in [2.45, 2.75) is 5.50 Å². The van der Waals surface area contributed by atoms with E-state index in [0.717, 1.165) is 5.56 Å². The number of nitrogens with zero attached hydrogens (tertiary/aromatic N) is 1. The van der Waals surface area contributed by atoms with Gasteiger partial charge in [-0.15, -0.1) is 12.6 Å². The van der Waals surface area contributed by atoms with Crippen molar-refractivity contribution in [2.24, 2.45) is 4.99 Å². The highest BCUT2D eigenvalue weighted by molar-refractivity contribution is 7.80. The van der Waals surface area contributed by atoms with E-state index in [0.29, 0.717) is 11.3 Å². The fourth-order valence-electron chi connectivity index (χ4n) is 1.70. The number of benzene rings is 1. The fourth-order valence-corrected chi connectivity index (χ4v) is 1.93. The van der Waals surface area contributed by atoms with Gasteiger partial charge in [0.05, 0.1) is 0 Å². The van der Waals surface area contributed by atoms with Crippen LogP contribution in [0, 0.1) is 0 Å². The standard InChI is InChI=1S/C11H8N2O3S/c14-6-2-1-5-3-7-9(15)12-11(17)13-10(7)16-8(5)4-6/h1-4,11,14,17H,(H,12,15). The van der Waals surface area contributed by atoms with Gasteiger partial charge in [-0.05, 0) is 18.2 Å². The van der Waals surface area contributed by atoms with Gasteiger partial charge in [0.1, 0.15) is 17.1 Å². The second-order valence-corrected chi connectivity index (χ2v) is 4.15. The third-order valence-electron chi connectivity index (χ3n) is 2.48. The van der Waals surface area contributed by atoms with E-state index in [4.69, 9.17) is 4.74 Å². The number of aliphatic imine (C=N–C) groups is 1. The molecule has 1 amide bonds. The summed E-state index contributed by atoms with van der Waals surface area (Å²) in [5, 5.41) is 11.9. The molecule has 5 nitrogen and oxygen atoms in total. The van der Waals surface area contributed by atoms with Crippen LogP contribution in [-0.2, 0) is 4.79 Å². The molecule has 0 fully saturated rings. The summed E-state index contributed by atoms with van der Waals surface area (Å²) in [6.07, 6.45) is 1.67. The molecule has 1 aromatic rings. The highest BCUT2D eigenvalue weighted by Crippen LogP contribution is 2.31. The van der Waals surface area contributed by atoms with Gasteiger partial charge < -0.3 is 15.2 Å². The van der Waals surface area contributed by atoms with Gasteiger partial charge in [0, 0.05) is 11.6 Å². The Morgan fingerprint density at radius 2 is 2.29 bits per heavy atom. The van der Waals surface area contributed by atoms with Crippen LogP contribution < -0.4 is 10.1 Å². The van der Waals surface area contributed by atoms with Gasteiger partial charge >= 0.3 is 0 Å². The maximum absolute atomic E-state index is 11.7. The molecular weight excluding hydrogens is 240 g/mol. The Labute approximate surface area is 102 Å². The highest BCUT2D eigenvalue weighted by Gasteiger charge is 2.29. The number of phenolic OH excluding ortho intramolecular Hbond substituents is 1. The lowest BCUT2D eigenvalue weighted by atomic mass is 10.1. The number of carbonyl (C=O) groups is 1. The zero-order valence-electron chi connectivity index (χ0n) is 8.54. The van der Waals surface area contributed by atoms with Crippen LogP contribution in [0.1, 0.15) is 5.56 Å². The predicted molar refractivity (Wildman–Crippen MR) is 65.1 cm³/mol. The zero-order chi connectivity index (χ0) is 12.0. The number of ether oxygens (including phenoxy) is 1. The van der Waals surface area contributed by atoms with Gasteiger partial charge in [-0.2, -0.15) is 0 Å². The molecule has 0 bridgehead atoms. The number of nitrogens with one attached hydrogen (secondary N) is 1. The molecule has 0 spiro atoms. The third kappa shape index (κ3) is 1.66. The Hall–Kier alpha value is -1.95. The monoisotopic (exact) mass is 248 g/mol. The number of carbonyl (C=O) groups excluding carboxylic acids is 1. The van der Waals surface area contributed by atoms with Crippen LogP contribution in [-0.4, -0.2) is 22.4 Å². The highest BCUT2D eigenvalue weighted by atomic mass is 32.1. The molecule has 86 valence electrons. The first-order valence-electron chi connectivity index (χ1n) is 4.93. The number of amides is 1. The molecule has 0 saturated heterocycles. The summed E-state index contributed by atoms with van der Waals surface area (Å²) in [5.41, 5.74) is 0.492. The first-order valence-corrected chi connectivity index (χ1v) is 5.45. The third-order valence-corrected chi connectivity index (χ3v) is 2.72. The van der Waals surface area contributed by atoms with Crippen LogP contribution in [0.25, 0.3) is 6.08 Å². The number of aromatic hydroxyl groups is 1. The molecule has 0 radical (unpaired) electrons. The van der Waals surface area contributed by atoms with Gasteiger partial charge in [0.25, 0.3) is 5.91 Å². The summed E-state index contributed by atoms with van der Waals surface area (Å²) >= 11 is 4.05. The molecule has 2 N–H and O–H groups in total. The predicted octanol–water partition coefficient (Wildman–Crippen LogP) is 0.910. The number of phenols is 1. The molecule has 0 aliphatic carbocycles. The van der Waals surface area contributed by atoms with Crippen LogP contribution >= 0.6 is 12.6 Å². The first kappa shape index (κ1) is 10.2. The zero-order valence-corrected chi connectivity index (χ0v) is 9.44.